The predicted octanol–water partition coefficient (Wildman–Crippen LogP) is 1.96. The summed E-state index contributed by atoms with van der Waals surface area (Å²) < 4.78 is 36.1. The molecule has 1 aliphatic heterocycles. The lowest BCUT2D eigenvalue weighted by Gasteiger charge is -2.37. The molecule has 2 fully saturated rings. The summed E-state index contributed by atoms with van der Waals surface area (Å²) in [5.74, 6) is -0.191. The first kappa shape index (κ1) is 15.5. The maximum atomic E-state index is 12.9. The van der Waals surface area contributed by atoms with Gasteiger partial charge >= 0.3 is 0 Å². The summed E-state index contributed by atoms with van der Waals surface area (Å²) in [6.45, 7) is 3.87. The molecule has 0 unspecified atom stereocenters. The van der Waals surface area contributed by atoms with Gasteiger partial charge in [-0.2, -0.15) is 0 Å². The van der Waals surface area contributed by atoms with Crippen LogP contribution >= 0.6 is 0 Å². The van der Waals surface area contributed by atoms with Gasteiger partial charge in [0.2, 0.25) is 5.91 Å². The van der Waals surface area contributed by atoms with Crippen LogP contribution in [0.25, 0.3) is 0 Å². The van der Waals surface area contributed by atoms with Crippen LogP contribution in [0, 0.1) is 11.7 Å². The molecule has 120 valence electrons. The Labute approximate surface area is 130 Å². The van der Waals surface area contributed by atoms with Gasteiger partial charge in [-0.05, 0) is 43.9 Å². The van der Waals surface area contributed by atoms with Crippen LogP contribution in [0.2, 0.25) is 0 Å². The number of sulfone groups is 1. The molecule has 2 aliphatic rings. The fourth-order valence-electron chi connectivity index (χ4n) is 3.11. The van der Waals surface area contributed by atoms with E-state index in [0.717, 1.165) is 12.0 Å². The Morgan fingerprint density at radius 2 is 1.91 bits per heavy atom. The van der Waals surface area contributed by atoms with Gasteiger partial charge in [-0.25, -0.2) is 12.8 Å². The molecular weight excluding hydrogens is 305 g/mol. The predicted molar refractivity (Wildman–Crippen MR) is 81.7 cm³/mol. The fraction of sp³-hybridized carbons (Fsp3) is 0.562. The van der Waals surface area contributed by atoms with E-state index in [2.05, 4.69) is 0 Å². The van der Waals surface area contributed by atoms with Gasteiger partial charge < -0.3 is 4.90 Å². The van der Waals surface area contributed by atoms with Gasteiger partial charge in [-0.1, -0.05) is 12.1 Å². The van der Waals surface area contributed by atoms with E-state index in [0.29, 0.717) is 0 Å². The molecule has 0 N–H and O–H groups in total. The van der Waals surface area contributed by atoms with E-state index in [4.69, 9.17) is 0 Å². The van der Waals surface area contributed by atoms with Crippen LogP contribution in [0.5, 0.6) is 0 Å². The van der Waals surface area contributed by atoms with Crippen molar-refractivity contribution >= 4 is 15.7 Å². The van der Waals surface area contributed by atoms with E-state index < -0.39 is 14.6 Å². The molecule has 6 heteroatoms. The van der Waals surface area contributed by atoms with Gasteiger partial charge in [0.1, 0.15) is 5.82 Å². The third-order valence-corrected chi connectivity index (χ3v) is 7.29. The van der Waals surface area contributed by atoms with E-state index in [-0.39, 0.29) is 42.4 Å². The number of hydrogen-bond acceptors (Lipinski definition) is 3. The molecule has 22 heavy (non-hydrogen) atoms. The summed E-state index contributed by atoms with van der Waals surface area (Å²) in [6.07, 6.45) is 0.758. The Kier molecular flexibility index (Phi) is 3.55. The van der Waals surface area contributed by atoms with Crippen molar-refractivity contribution in [1.29, 1.82) is 0 Å². The molecule has 1 heterocycles. The van der Waals surface area contributed by atoms with Crippen LogP contribution in [0.15, 0.2) is 24.3 Å². The number of benzene rings is 1. The summed E-state index contributed by atoms with van der Waals surface area (Å²) in [5.41, 5.74) is 0.976. The number of carbonyl (C=O) groups is 1. The zero-order chi connectivity index (χ0) is 16.1. The largest absolute Gasteiger partial charge is 0.340 e. The Morgan fingerprint density at radius 1 is 1.27 bits per heavy atom. The van der Waals surface area contributed by atoms with Crippen molar-refractivity contribution < 1.29 is 17.6 Å². The van der Waals surface area contributed by atoms with Gasteiger partial charge in [0.05, 0.1) is 10.5 Å². The third kappa shape index (κ3) is 2.64. The average Bonchev–Trinajstić information content (AvgIpc) is 3.22. The number of rotatable bonds is 2. The van der Waals surface area contributed by atoms with Crippen molar-refractivity contribution in [3.8, 4) is 0 Å². The molecule has 2 atom stereocenters. The Morgan fingerprint density at radius 3 is 2.50 bits per heavy atom. The molecule has 1 saturated carbocycles. The van der Waals surface area contributed by atoms with Crippen molar-refractivity contribution in [2.24, 2.45) is 5.92 Å². The lowest BCUT2D eigenvalue weighted by atomic mass is 10.1. The minimum atomic E-state index is -3.14. The molecule has 0 aromatic heterocycles. The lowest BCUT2D eigenvalue weighted by Crippen LogP contribution is -2.55. The molecule has 0 spiro atoms. The summed E-state index contributed by atoms with van der Waals surface area (Å²) in [7, 11) is -3.14. The highest BCUT2D eigenvalue weighted by atomic mass is 32.2. The van der Waals surface area contributed by atoms with E-state index in [1.807, 2.05) is 0 Å². The standard InChI is InChI=1S/C16H20FNO3S/c1-16(2)10-18(7-8-22(16,20)21)15(19)14-9-13(14)11-3-5-12(17)6-4-11/h3-6,13-14H,7-10H2,1-2H3/t13-,14-/m1/s1. The molecule has 3 rings (SSSR count). The normalized spacial score (nSPS) is 29.1. The first-order valence-electron chi connectivity index (χ1n) is 7.48. The van der Waals surface area contributed by atoms with E-state index in [1.165, 1.54) is 12.1 Å². The molecule has 0 radical (unpaired) electrons. The van der Waals surface area contributed by atoms with Crippen molar-refractivity contribution in [3.63, 3.8) is 0 Å². The first-order valence-corrected chi connectivity index (χ1v) is 9.13. The highest BCUT2D eigenvalue weighted by Gasteiger charge is 2.49. The molecule has 1 amide bonds. The van der Waals surface area contributed by atoms with Gasteiger partial charge in [0.15, 0.2) is 9.84 Å². The van der Waals surface area contributed by atoms with E-state index in [1.54, 1.807) is 30.9 Å². The molecule has 1 aromatic rings. The first-order chi connectivity index (χ1) is 10.2. The molecule has 1 aromatic carbocycles. The number of hydrogen-bond donors (Lipinski definition) is 0. The van der Waals surface area contributed by atoms with Crippen LogP contribution in [-0.4, -0.2) is 42.8 Å². The topological polar surface area (TPSA) is 54.5 Å². The van der Waals surface area contributed by atoms with E-state index >= 15 is 0 Å². The van der Waals surface area contributed by atoms with Crippen LogP contribution in [0.4, 0.5) is 4.39 Å². The van der Waals surface area contributed by atoms with Crippen LogP contribution < -0.4 is 0 Å². The van der Waals surface area contributed by atoms with Crippen LogP contribution in [0.3, 0.4) is 0 Å². The summed E-state index contributed by atoms with van der Waals surface area (Å²) in [4.78, 5) is 14.2. The SMILES string of the molecule is CC1(C)CN(C(=O)[C@@H]2C[C@@H]2c2ccc(F)cc2)CCS1(=O)=O. The lowest BCUT2D eigenvalue weighted by molar-refractivity contribution is -0.133. The number of halogens is 1. The second-order valence-electron chi connectivity index (χ2n) is 6.84. The average molecular weight is 325 g/mol. The van der Waals surface area contributed by atoms with Crippen LogP contribution in [-0.2, 0) is 14.6 Å². The summed E-state index contributed by atoms with van der Waals surface area (Å²) in [5, 5.41) is 0. The smallest absolute Gasteiger partial charge is 0.226 e. The number of amides is 1. The summed E-state index contributed by atoms with van der Waals surface area (Å²) in [6, 6.07) is 6.26. The minimum Gasteiger partial charge on any atom is -0.340 e. The second kappa shape index (κ2) is 5.05. The highest BCUT2D eigenvalue weighted by molar-refractivity contribution is 7.92. The molecule has 0 bridgehead atoms. The minimum absolute atomic E-state index is 0.0253. The quantitative estimate of drug-likeness (QED) is 0.835. The van der Waals surface area contributed by atoms with E-state index in [9.17, 15) is 17.6 Å². The Bertz CT molecular complexity index is 697. The number of nitrogens with zero attached hydrogens (tertiary/aromatic N) is 1. The Hall–Kier alpha value is -1.43. The van der Waals surface area contributed by atoms with Crippen molar-refractivity contribution in [2.45, 2.75) is 30.9 Å². The zero-order valence-electron chi connectivity index (χ0n) is 12.8. The maximum Gasteiger partial charge on any atom is 0.226 e. The van der Waals surface area contributed by atoms with Gasteiger partial charge in [-0.3, -0.25) is 4.79 Å². The molecular formula is C16H20FNO3S. The number of carbonyl (C=O) groups excluding carboxylic acids is 1. The monoisotopic (exact) mass is 325 g/mol. The molecule has 4 nitrogen and oxygen atoms in total. The van der Waals surface area contributed by atoms with Crippen molar-refractivity contribution in [1.82, 2.24) is 4.90 Å². The van der Waals surface area contributed by atoms with Gasteiger partial charge in [0.25, 0.3) is 0 Å². The zero-order valence-corrected chi connectivity index (χ0v) is 13.6. The maximum absolute atomic E-state index is 12.9. The van der Waals surface area contributed by atoms with Gasteiger partial charge in [0, 0.05) is 19.0 Å². The molecule has 1 saturated heterocycles. The van der Waals surface area contributed by atoms with Crippen molar-refractivity contribution in [3.05, 3.63) is 35.6 Å². The fourth-order valence-corrected chi connectivity index (χ4v) is 4.48. The highest BCUT2D eigenvalue weighted by Crippen LogP contribution is 2.48. The second-order valence-corrected chi connectivity index (χ2v) is 9.58. The van der Waals surface area contributed by atoms with Crippen LogP contribution in [0.1, 0.15) is 31.7 Å². The molecule has 1 aliphatic carbocycles. The van der Waals surface area contributed by atoms with Crippen molar-refractivity contribution in [2.75, 3.05) is 18.8 Å². The van der Waals surface area contributed by atoms with Gasteiger partial charge in [-0.15, -0.1) is 0 Å². The summed E-state index contributed by atoms with van der Waals surface area (Å²) >= 11 is 0. The Balaban J connectivity index is 1.68. The third-order valence-electron chi connectivity index (χ3n) is 4.76.